The van der Waals surface area contributed by atoms with Gasteiger partial charge in [0.1, 0.15) is 5.82 Å². The van der Waals surface area contributed by atoms with Crippen molar-refractivity contribution in [3.8, 4) is 0 Å². The summed E-state index contributed by atoms with van der Waals surface area (Å²) in [6, 6.07) is 8.43. The molecule has 24 heavy (non-hydrogen) atoms. The maximum Gasteiger partial charge on any atom is 0.222 e. The highest BCUT2D eigenvalue weighted by atomic mass is 16.1. The maximum absolute atomic E-state index is 11.2. The fourth-order valence-electron chi connectivity index (χ4n) is 3.40. The topological polar surface area (TPSA) is 57.3 Å². The molecule has 5 nitrogen and oxygen atoms in total. The Labute approximate surface area is 143 Å². The quantitative estimate of drug-likeness (QED) is 0.910. The number of nitrogens with zero attached hydrogens (tertiary/aromatic N) is 2. The summed E-state index contributed by atoms with van der Waals surface area (Å²) in [5, 5.41) is 6.02. The molecule has 0 fully saturated rings. The number of benzene rings is 1. The van der Waals surface area contributed by atoms with Gasteiger partial charge >= 0.3 is 0 Å². The predicted molar refractivity (Wildman–Crippen MR) is 98.8 cm³/mol. The van der Waals surface area contributed by atoms with E-state index in [9.17, 15) is 4.79 Å². The molecular weight excluding hydrogens is 300 g/mol. The van der Waals surface area contributed by atoms with E-state index in [2.05, 4.69) is 52.6 Å². The lowest BCUT2D eigenvalue weighted by Crippen LogP contribution is -2.31. The number of anilines is 3. The van der Waals surface area contributed by atoms with Crippen molar-refractivity contribution in [2.75, 3.05) is 29.1 Å². The van der Waals surface area contributed by atoms with Gasteiger partial charge < -0.3 is 15.5 Å². The third-order valence-electron chi connectivity index (χ3n) is 4.48. The third-order valence-corrected chi connectivity index (χ3v) is 4.48. The van der Waals surface area contributed by atoms with E-state index in [0.717, 1.165) is 25.2 Å². The molecule has 0 radical (unpaired) electrons. The molecule has 0 saturated carbocycles. The molecule has 1 aliphatic heterocycles. The van der Waals surface area contributed by atoms with E-state index in [1.165, 1.54) is 35.0 Å². The SMILES string of the molecule is CNc1c(C)cc(N2CCc3nc(NC(C)=O)ccc3C2)cc1C. The highest BCUT2D eigenvalue weighted by molar-refractivity contribution is 5.87. The average molecular weight is 324 g/mol. The monoisotopic (exact) mass is 324 g/mol. The molecule has 126 valence electrons. The fourth-order valence-corrected chi connectivity index (χ4v) is 3.40. The van der Waals surface area contributed by atoms with Crippen LogP contribution in [0.25, 0.3) is 0 Å². The Morgan fingerprint density at radius 2 is 1.92 bits per heavy atom. The first-order chi connectivity index (χ1) is 11.5. The van der Waals surface area contributed by atoms with Crippen LogP contribution in [0.4, 0.5) is 17.2 Å². The Morgan fingerprint density at radius 3 is 2.54 bits per heavy atom. The van der Waals surface area contributed by atoms with Crippen LogP contribution in [0.15, 0.2) is 24.3 Å². The number of carbonyl (C=O) groups excluding carboxylic acids is 1. The summed E-state index contributed by atoms with van der Waals surface area (Å²) in [4.78, 5) is 18.1. The van der Waals surface area contributed by atoms with Crippen molar-refractivity contribution in [2.45, 2.75) is 33.7 Å². The summed E-state index contributed by atoms with van der Waals surface area (Å²) in [5.74, 6) is 0.551. The number of carbonyl (C=O) groups is 1. The second-order valence-corrected chi connectivity index (χ2v) is 6.36. The molecule has 1 aliphatic rings. The van der Waals surface area contributed by atoms with Crippen molar-refractivity contribution in [3.63, 3.8) is 0 Å². The molecule has 5 heteroatoms. The second kappa shape index (κ2) is 6.51. The van der Waals surface area contributed by atoms with E-state index in [-0.39, 0.29) is 5.91 Å². The first kappa shape index (κ1) is 16.3. The van der Waals surface area contributed by atoms with Gasteiger partial charge in [-0.05, 0) is 48.7 Å². The largest absolute Gasteiger partial charge is 0.388 e. The fraction of sp³-hybridized carbons (Fsp3) is 0.368. The van der Waals surface area contributed by atoms with Crippen LogP contribution in [0, 0.1) is 13.8 Å². The molecule has 2 N–H and O–H groups in total. The van der Waals surface area contributed by atoms with Gasteiger partial charge in [0.05, 0.1) is 0 Å². The molecule has 2 aromatic rings. The lowest BCUT2D eigenvalue weighted by Gasteiger charge is -2.31. The first-order valence-electron chi connectivity index (χ1n) is 8.28. The van der Waals surface area contributed by atoms with Crippen LogP contribution in [0.3, 0.4) is 0 Å². The lowest BCUT2D eigenvalue weighted by molar-refractivity contribution is -0.114. The van der Waals surface area contributed by atoms with Gasteiger partial charge in [0.15, 0.2) is 0 Å². The van der Waals surface area contributed by atoms with Crippen LogP contribution < -0.4 is 15.5 Å². The number of hydrogen-bond acceptors (Lipinski definition) is 4. The van der Waals surface area contributed by atoms with Crippen molar-refractivity contribution in [3.05, 3.63) is 46.6 Å². The molecule has 1 aromatic carbocycles. The number of amides is 1. The van der Waals surface area contributed by atoms with Crippen LogP contribution in [-0.2, 0) is 17.8 Å². The van der Waals surface area contributed by atoms with Crippen LogP contribution in [-0.4, -0.2) is 24.5 Å². The standard InChI is InChI=1S/C19H24N4O/c1-12-9-16(10-13(2)19(12)20-4)23-8-7-17-15(11-23)5-6-18(22-17)21-14(3)24/h5-6,9-10,20H,7-8,11H2,1-4H3,(H,21,22,24). The number of aryl methyl sites for hydroxylation is 2. The van der Waals surface area contributed by atoms with Crippen molar-refractivity contribution in [1.29, 1.82) is 0 Å². The summed E-state index contributed by atoms with van der Waals surface area (Å²) in [7, 11) is 1.96. The summed E-state index contributed by atoms with van der Waals surface area (Å²) < 4.78 is 0. The summed E-state index contributed by atoms with van der Waals surface area (Å²) in [5.41, 5.74) is 7.29. The summed E-state index contributed by atoms with van der Waals surface area (Å²) in [6.07, 6.45) is 0.884. The summed E-state index contributed by atoms with van der Waals surface area (Å²) in [6.45, 7) is 7.56. The molecular formula is C19H24N4O. The van der Waals surface area contributed by atoms with E-state index < -0.39 is 0 Å². The van der Waals surface area contributed by atoms with E-state index >= 15 is 0 Å². The smallest absolute Gasteiger partial charge is 0.222 e. The number of rotatable bonds is 3. The van der Waals surface area contributed by atoms with Crippen LogP contribution >= 0.6 is 0 Å². The molecule has 1 aromatic heterocycles. The Morgan fingerprint density at radius 1 is 1.21 bits per heavy atom. The molecule has 2 heterocycles. The van der Waals surface area contributed by atoms with Gasteiger partial charge in [0.25, 0.3) is 0 Å². The minimum Gasteiger partial charge on any atom is -0.388 e. The third kappa shape index (κ3) is 3.20. The highest BCUT2D eigenvalue weighted by Gasteiger charge is 2.19. The van der Waals surface area contributed by atoms with Gasteiger partial charge in [-0.1, -0.05) is 6.07 Å². The van der Waals surface area contributed by atoms with Gasteiger partial charge in [0.2, 0.25) is 5.91 Å². The predicted octanol–water partition coefficient (Wildman–Crippen LogP) is 3.26. The van der Waals surface area contributed by atoms with Crippen molar-refractivity contribution in [2.24, 2.45) is 0 Å². The molecule has 0 bridgehead atoms. The van der Waals surface area contributed by atoms with Gasteiger partial charge in [-0.25, -0.2) is 4.98 Å². The molecule has 3 rings (SSSR count). The zero-order chi connectivity index (χ0) is 17.3. The Bertz CT molecular complexity index is 762. The van der Waals surface area contributed by atoms with E-state index in [1.807, 2.05) is 13.1 Å². The lowest BCUT2D eigenvalue weighted by atomic mass is 10.0. The first-order valence-corrected chi connectivity index (χ1v) is 8.28. The molecule has 0 spiro atoms. The van der Waals surface area contributed by atoms with Gasteiger partial charge in [-0.3, -0.25) is 4.79 Å². The van der Waals surface area contributed by atoms with E-state index in [4.69, 9.17) is 0 Å². The van der Waals surface area contributed by atoms with Crippen molar-refractivity contribution < 1.29 is 4.79 Å². The number of aromatic nitrogens is 1. The van der Waals surface area contributed by atoms with Gasteiger partial charge in [-0.2, -0.15) is 0 Å². The van der Waals surface area contributed by atoms with Crippen LogP contribution in [0.2, 0.25) is 0 Å². The maximum atomic E-state index is 11.2. The molecule has 1 amide bonds. The van der Waals surface area contributed by atoms with E-state index in [0.29, 0.717) is 5.82 Å². The Balaban J connectivity index is 1.84. The number of hydrogen-bond donors (Lipinski definition) is 2. The van der Waals surface area contributed by atoms with Crippen molar-refractivity contribution >= 4 is 23.1 Å². The van der Waals surface area contributed by atoms with Crippen molar-refractivity contribution in [1.82, 2.24) is 4.98 Å². The zero-order valence-electron chi connectivity index (χ0n) is 14.7. The minimum absolute atomic E-state index is 0.0875. The minimum atomic E-state index is -0.0875. The zero-order valence-corrected chi connectivity index (χ0v) is 14.7. The number of pyridine rings is 1. The molecule has 0 aliphatic carbocycles. The molecule has 0 saturated heterocycles. The summed E-state index contributed by atoms with van der Waals surface area (Å²) >= 11 is 0. The Hall–Kier alpha value is -2.56. The second-order valence-electron chi connectivity index (χ2n) is 6.36. The van der Waals surface area contributed by atoms with E-state index in [1.54, 1.807) is 0 Å². The van der Waals surface area contributed by atoms with Gasteiger partial charge in [-0.15, -0.1) is 0 Å². The number of nitrogens with one attached hydrogen (secondary N) is 2. The van der Waals surface area contributed by atoms with Gasteiger partial charge in [0, 0.05) is 50.6 Å². The Kier molecular flexibility index (Phi) is 4.42. The average Bonchev–Trinajstić information content (AvgIpc) is 2.53. The molecule has 0 atom stereocenters. The molecule has 0 unspecified atom stereocenters. The number of fused-ring (bicyclic) bond motifs is 1. The normalized spacial score (nSPS) is 13.4. The van der Waals surface area contributed by atoms with Crippen LogP contribution in [0.5, 0.6) is 0 Å². The highest BCUT2D eigenvalue weighted by Crippen LogP contribution is 2.30. The van der Waals surface area contributed by atoms with Crippen LogP contribution in [0.1, 0.15) is 29.3 Å².